The van der Waals surface area contributed by atoms with Gasteiger partial charge in [-0.15, -0.1) is 0 Å². The van der Waals surface area contributed by atoms with Gasteiger partial charge in [0.1, 0.15) is 0 Å². The standard InChI is InChI=1S/C22H21N/c1-14-10-15(2)12-17(11-14)21-18-7-5-6-16-8-9-22(3,4)19(13-23-21)20(16)18/h5-13H,1-4H3. The lowest BCUT2D eigenvalue weighted by atomic mass is 9.77. The minimum atomic E-state index is 0.0284. The van der Waals surface area contributed by atoms with Crippen LogP contribution in [0.5, 0.6) is 0 Å². The lowest BCUT2D eigenvalue weighted by Gasteiger charge is -2.28. The number of aromatic nitrogens is 1. The van der Waals surface area contributed by atoms with Crippen LogP contribution < -0.4 is 0 Å². The number of aryl methyl sites for hydroxylation is 2. The maximum Gasteiger partial charge on any atom is 0.0780 e. The summed E-state index contributed by atoms with van der Waals surface area (Å²) in [6.07, 6.45) is 6.60. The zero-order valence-corrected chi connectivity index (χ0v) is 14.1. The molecule has 0 amide bonds. The molecule has 0 saturated heterocycles. The van der Waals surface area contributed by atoms with Gasteiger partial charge in [0.2, 0.25) is 0 Å². The molecule has 114 valence electrons. The molecule has 0 N–H and O–H groups in total. The van der Waals surface area contributed by atoms with Gasteiger partial charge in [0.05, 0.1) is 5.69 Å². The maximum atomic E-state index is 4.87. The number of pyridine rings is 1. The summed E-state index contributed by atoms with van der Waals surface area (Å²) >= 11 is 0. The molecule has 1 heterocycles. The Balaban J connectivity index is 2.09. The molecule has 3 aromatic rings. The normalized spacial score (nSPS) is 15.1. The minimum Gasteiger partial charge on any atom is -0.255 e. The molecule has 1 aromatic heterocycles. The van der Waals surface area contributed by atoms with Crippen molar-refractivity contribution < 1.29 is 0 Å². The third kappa shape index (κ3) is 2.19. The topological polar surface area (TPSA) is 12.9 Å². The Kier molecular flexibility index (Phi) is 2.96. The van der Waals surface area contributed by atoms with Crippen molar-refractivity contribution in [3.63, 3.8) is 0 Å². The first-order chi connectivity index (χ1) is 11.0. The van der Waals surface area contributed by atoms with Crippen molar-refractivity contribution in [3.8, 4) is 11.3 Å². The Hall–Kier alpha value is -2.41. The number of hydrogen-bond donors (Lipinski definition) is 0. The van der Waals surface area contributed by atoms with E-state index in [0.29, 0.717) is 0 Å². The summed E-state index contributed by atoms with van der Waals surface area (Å²) < 4.78 is 0. The number of rotatable bonds is 1. The highest BCUT2D eigenvalue weighted by Gasteiger charge is 2.25. The van der Waals surface area contributed by atoms with Gasteiger partial charge < -0.3 is 0 Å². The van der Waals surface area contributed by atoms with E-state index in [4.69, 9.17) is 4.98 Å². The number of hydrogen-bond acceptors (Lipinski definition) is 1. The van der Waals surface area contributed by atoms with E-state index in [1.807, 2.05) is 0 Å². The van der Waals surface area contributed by atoms with Crippen LogP contribution in [0, 0.1) is 13.8 Å². The highest BCUT2D eigenvalue weighted by Crippen LogP contribution is 2.40. The molecule has 0 unspecified atom stereocenters. The first-order valence-electron chi connectivity index (χ1n) is 8.16. The largest absolute Gasteiger partial charge is 0.255 e. The van der Waals surface area contributed by atoms with Crippen LogP contribution in [0.3, 0.4) is 0 Å². The maximum absolute atomic E-state index is 4.87. The molecule has 0 fully saturated rings. The van der Waals surface area contributed by atoms with E-state index >= 15 is 0 Å². The molecule has 0 bridgehead atoms. The van der Waals surface area contributed by atoms with E-state index in [0.717, 1.165) is 5.69 Å². The molecule has 1 aliphatic carbocycles. The van der Waals surface area contributed by atoms with Crippen LogP contribution >= 0.6 is 0 Å². The molecule has 1 nitrogen and oxygen atoms in total. The average molecular weight is 299 g/mol. The fourth-order valence-corrected chi connectivity index (χ4v) is 3.69. The average Bonchev–Trinajstić information content (AvgIpc) is 2.50. The van der Waals surface area contributed by atoms with Gasteiger partial charge in [0, 0.05) is 22.6 Å². The third-order valence-corrected chi connectivity index (χ3v) is 4.81. The summed E-state index contributed by atoms with van der Waals surface area (Å²) in [6.45, 7) is 8.81. The van der Waals surface area contributed by atoms with Crippen LogP contribution in [-0.4, -0.2) is 4.98 Å². The zero-order chi connectivity index (χ0) is 16.2. The van der Waals surface area contributed by atoms with Gasteiger partial charge in [-0.2, -0.15) is 0 Å². The molecule has 0 saturated carbocycles. The summed E-state index contributed by atoms with van der Waals surface area (Å²) in [6, 6.07) is 13.2. The predicted molar refractivity (Wildman–Crippen MR) is 98.7 cm³/mol. The summed E-state index contributed by atoms with van der Waals surface area (Å²) in [4.78, 5) is 4.87. The van der Waals surface area contributed by atoms with Gasteiger partial charge in [-0.1, -0.05) is 61.4 Å². The highest BCUT2D eigenvalue weighted by atomic mass is 14.7. The SMILES string of the molecule is Cc1cc(C)cc(-c2ncc3c4c(cccc24)C=CC3(C)C)c1. The zero-order valence-electron chi connectivity index (χ0n) is 14.1. The Morgan fingerprint density at radius 1 is 0.957 bits per heavy atom. The number of benzene rings is 2. The van der Waals surface area contributed by atoms with E-state index < -0.39 is 0 Å². The van der Waals surface area contributed by atoms with Gasteiger partial charge in [-0.3, -0.25) is 4.98 Å². The van der Waals surface area contributed by atoms with Crippen LogP contribution in [0.25, 0.3) is 28.1 Å². The van der Waals surface area contributed by atoms with E-state index in [2.05, 4.69) is 82.4 Å². The first kappa shape index (κ1) is 14.2. The molecule has 1 heteroatoms. The van der Waals surface area contributed by atoms with E-state index in [9.17, 15) is 0 Å². The molecule has 1 aliphatic rings. The summed E-state index contributed by atoms with van der Waals surface area (Å²) in [5.74, 6) is 0. The number of allylic oxidation sites excluding steroid dienone is 1. The van der Waals surface area contributed by atoms with Crippen LogP contribution in [-0.2, 0) is 5.41 Å². The molecule has 0 atom stereocenters. The van der Waals surface area contributed by atoms with Crippen molar-refractivity contribution in [2.75, 3.05) is 0 Å². The van der Waals surface area contributed by atoms with Crippen molar-refractivity contribution in [1.82, 2.24) is 4.98 Å². The third-order valence-electron chi connectivity index (χ3n) is 4.81. The van der Waals surface area contributed by atoms with Gasteiger partial charge in [0.25, 0.3) is 0 Å². The predicted octanol–water partition coefficient (Wildman–Crippen LogP) is 5.82. The van der Waals surface area contributed by atoms with Crippen LogP contribution in [0.4, 0.5) is 0 Å². The van der Waals surface area contributed by atoms with Crippen LogP contribution in [0.2, 0.25) is 0 Å². The van der Waals surface area contributed by atoms with E-state index in [-0.39, 0.29) is 5.41 Å². The highest BCUT2D eigenvalue weighted by molar-refractivity contribution is 6.02. The molecule has 4 rings (SSSR count). The second kappa shape index (κ2) is 4.79. The van der Waals surface area contributed by atoms with Crippen LogP contribution in [0.1, 0.15) is 36.1 Å². The van der Waals surface area contributed by atoms with Gasteiger partial charge in [0.15, 0.2) is 0 Å². The first-order valence-corrected chi connectivity index (χ1v) is 8.16. The van der Waals surface area contributed by atoms with Gasteiger partial charge >= 0.3 is 0 Å². The fraction of sp³-hybridized carbons (Fsp3) is 0.227. The Morgan fingerprint density at radius 3 is 2.43 bits per heavy atom. The molecule has 2 aromatic carbocycles. The van der Waals surface area contributed by atoms with Crippen molar-refractivity contribution in [3.05, 3.63) is 70.9 Å². The second-order valence-electron chi connectivity index (χ2n) is 7.22. The van der Waals surface area contributed by atoms with Crippen molar-refractivity contribution in [2.24, 2.45) is 0 Å². The van der Waals surface area contributed by atoms with E-state index in [1.165, 1.54) is 38.6 Å². The molecule has 0 radical (unpaired) electrons. The molecular formula is C22H21N. The smallest absolute Gasteiger partial charge is 0.0780 e. The summed E-state index contributed by atoms with van der Waals surface area (Å²) in [5.41, 5.74) is 7.50. The molecular weight excluding hydrogens is 278 g/mol. The number of nitrogens with zero attached hydrogens (tertiary/aromatic N) is 1. The van der Waals surface area contributed by atoms with Crippen molar-refractivity contribution in [2.45, 2.75) is 33.1 Å². The molecule has 23 heavy (non-hydrogen) atoms. The Morgan fingerprint density at radius 2 is 1.70 bits per heavy atom. The lowest BCUT2D eigenvalue weighted by molar-refractivity contribution is 0.673. The van der Waals surface area contributed by atoms with Gasteiger partial charge in [-0.05, 0) is 42.5 Å². The van der Waals surface area contributed by atoms with Gasteiger partial charge in [-0.25, -0.2) is 0 Å². The second-order valence-corrected chi connectivity index (χ2v) is 7.22. The molecule has 0 spiro atoms. The minimum absolute atomic E-state index is 0.0284. The van der Waals surface area contributed by atoms with Crippen molar-refractivity contribution >= 4 is 16.8 Å². The summed E-state index contributed by atoms with van der Waals surface area (Å²) in [5, 5.41) is 2.60. The fourth-order valence-electron chi connectivity index (χ4n) is 3.69. The summed E-state index contributed by atoms with van der Waals surface area (Å²) in [7, 11) is 0. The lowest BCUT2D eigenvalue weighted by Crippen LogP contribution is -2.17. The van der Waals surface area contributed by atoms with Crippen molar-refractivity contribution in [1.29, 1.82) is 0 Å². The van der Waals surface area contributed by atoms with E-state index in [1.54, 1.807) is 0 Å². The Bertz CT molecular complexity index is 941. The monoisotopic (exact) mass is 299 g/mol. The van der Waals surface area contributed by atoms with Crippen LogP contribution in [0.15, 0.2) is 48.7 Å². The Labute approximate surface area is 137 Å². The quantitative estimate of drug-likeness (QED) is 0.551. The molecule has 0 aliphatic heterocycles.